The Balaban J connectivity index is 2.28. The first-order chi connectivity index (χ1) is 10.6. The van der Waals surface area contributed by atoms with E-state index in [2.05, 4.69) is 10.3 Å². The molecule has 0 aliphatic carbocycles. The smallest absolute Gasteiger partial charge is 0.172 e. The van der Waals surface area contributed by atoms with E-state index >= 15 is 0 Å². The van der Waals surface area contributed by atoms with Gasteiger partial charge in [0, 0.05) is 10.6 Å². The lowest BCUT2D eigenvalue weighted by molar-refractivity contribution is 0.111. The van der Waals surface area contributed by atoms with Crippen molar-refractivity contribution in [1.29, 1.82) is 0 Å². The molecule has 1 aromatic heterocycles. The van der Waals surface area contributed by atoms with E-state index in [1.807, 2.05) is 44.2 Å². The maximum absolute atomic E-state index is 11.3. The van der Waals surface area contributed by atoms with Crippen LogP contribution in [0.4, 0.5) is 0 Å². The first-order valence-corrected chi connectivity index (χ1v) is 7.22. The lowest BCUT2D eigenvalue weighted by Crippen LogP contribution is -2.03. The maximum Gasteiger partial charge on any atom is 0.172 e. The number of nitrogens with zero attached hydrogens (tertiary/aromatic N) is 3. The minimum Gasteiger partial charge on any atom is -0.296 e. The highest BCUT2D eigenvalue weighted by Gasteiger charge is 2.17. The van der Waals surface area contributed by atoms with Gasteiger partial charge >= 0.3 is 0 Å². The molecule has 0 aliphatic rings. The molecular weight excluding hydrogens is 298 g/mol. The highest BCUT2D eigenvalue weighted by molar-refractivity contribution is 6.30. The largest absolute Gasteiger partial charge is 0.296 e. The van der Waals surface area contributed by atoms with Crippen molar-refractivity contribution in [1.82, 2.24) is 15.0 Å². The number of carbonyl (C=O) groups excluding carboxylic acids is 1. The van der Waals surface area contributed by atoms with Crippen LogP contribution in [-0.2, 0) is 0 Å². The fourth-order valence-corrected chi connectivity index (χ4v) is 2.59. The molecule has 0 aliphatic heterocycles. The molecule has 0 spiro atoms. The summed E-state index contributed by atoms with van der Waals surface area (Å²) in [6.45, 7) is 4.01. The van der Waals surface area contributed by atoms with Crippen LogP contribution >= 0.6 is 11.6 Å². The molecule has 2 aromatic carbocycles. The van der Waals surface area contributed by atoms with Gasteiger partial charge in [-0.3, -0.25) is 4.79 Å². The molecule has 1 heterocycles. The van der Waals surface area contributed by atoms with E-state index in [0.717, 1.165) is 22.4 Å². The summed E-state index contributed by atoms with van der Waals surface area (Å²) < 4.78 is 1.69. The average Bonchev–Trinajstić information content (AvgIpc) is 2.93. The van der Waals surface area contributed by atoms with E-state index in [0.29, 0.717) is 22.7 Å². The van der Waals surface area contributed by atoms with Gasteiger partial charge in [0.05, 0.1) is 5.69 Å². The fraction of sp³-hybridized carbons (Fsp3) is 0.118. The van der Waals surface area contributed by atoms with Crippen molar-refractivity contribution < 1.29 is 4.79 Å². The van der Waals surface area contributed by atoms with Gasteiger partial charge in [0.25, 0.3) is 0 Å². The standard InChI is InChI=1S/C17H14ClN3O/c1-11-6-7-12(2)16(8-11)21-17(15(10-22)19-20-21)13-4-3-5-14(18)9-13/h3-10H,1-2H3. The third kappa shape index (κ3) is 2.53. The molecule has 0 amide bonds. The highest BCUT2D eigenvalue weighted by atomic mass is 35.5. The summed E-state index contributed by atoms with van der Waals surface area (Å²) in [5, 5.41) is 8.75. The predicted octanol–water partition coefficient (Wildman–Crippen LogP) is 4.02. The van der Waals surface area contributed by atoms with Gasteiger partial charge in [-0.2, -0.15) is 0 Å². The van der Waals surface area contributed by atoms with Gasteiger partial charge in [-0.15, -0.1) is 5.10 Å². The van der Waals surface area contributed by atoms with E-state index in [-0.39, 0.29) is 0 Å². The van der Waals surface area contributed by atoms with E-state index in [9.17, 15) is 4.79 Å². The molecule has 0 unspecified atom stereocenters. The van der Waals surface area contributed by atoms with Gasteiger partial charge in [-0.1, -0.05) is 41.1 Å². The van der Waals surface area contributed by atoms with Gasteiger partial charge in [0.1, 0.15) is 5.69 Å². The molecule has 0 saturated carbocycles. The number of carbonyl (C=O) groups is 1. The zero-order chi connectivity index (χ0) is 15.7. The van der Waals surface area contributed by atoms with Crippen molar-refractivity contribution in [3.8, 4) is 16.9 Å². The summed E-state index contributed by atoms with van der Waals surface area (Å²) in [7, 11) is 0. The predicted molar refractivity (Wildman–Crippen MR) is 86.7 cm³/mol. The summed E-state index contributed by atoms with van der Waals surface area (Å²) >= 11 is 6.07. The Morgan fingerprint density at radius 3 is 2.68 bits per heavy atom. The molecule has 22 heavy (non-hydrogen) atoms. The number of hydrogen-bond donors (Lipinski definition) is 0. The number of aryl methyl sites for hydroxylation is 2. The van der Waals surface area contributed by atoms with Crippen LogP contribution in [0.25, 0.3) is 16.9 Å². The van der Waals surface area contributed by atoms with Crippen LogP contribution in [0.2, 0.25) is 5.02 Å². The maximum atomic E-state index is 11.3. The number of aromatic nitrogens is 3. The zero-order valence-electron chi connectivity index (χ0n) is 12.2. The van der Waals surface area contributed by atoms with Crippen molar-refractivity contribution in [2.45, 2.75) is 13.8 Å². The Bertz CT molecular complexity index is 855. The molecule has 110 valence electrons. The van der Waals surface area contributed by atoms with Gasteiger partial charge in [0.2, 0.25) is 0 Å². The number of benzene rings is 2. The summed E-state index contributed by atoms with van der Waals surface area (Å²) in [5.74, 6) is 0. The molecule has 0 N–H and O–H groups in total. The first-order valence-electron chi connectivity index (χ1n) is 6.84. The van der Waals surface area contributed by atoms with Crippen molar-refractivity contribution >= 4 is 17.9 Å². The number of rotatable bonds is 3. The second-order valence-electron chi connectivity index (χ2n) is 5.15. The van der Waals surface area contributed by atoms with Crippen molar-refractivity contribution in [2.75, 3.05) is 0 Å². The monoisotopic (exact) mass is 311 g/mol. The Kier molecular flexibility index (Phi) is 3.77. The van der Waals surface area contributed by atoms with E-state index < -0.39 is 0 Å². The number of hydrogen-bond acceptors (Lipinski definition) is 3. The Labute approximate surface area is 133 Å². The first kappa shape index (κ1) is 14.5. The molecule has 0 bridgehead atoms. The molecule has 0 atom stereocenters. The summed E-state index contributed by atoms with van der Waals surface area (Å²) in [6, 6.07) is 13.4. The lowest BCUT2D eigenvalue weighted by atomic mass is 10.1. The van der Waals surface area contributed by atoms with Crippen LogP contribution in [-0.4, -0.2) is 21.3 Å². The molecule has 0 fully saturated rings. The normalized spacial score (nSPS) is 10.7. The highest BCUT2D eigenvalue weighted by Crippen LogP contribution is 2.28. The van der Waals surface area contributed by atoms with E-state index in [4.69, 9.17) is 11.6 Å². The topological polar surface area (TPSA) is 47.8 Å². The third-order valence-electron chi connectivity index (χ3n) is 3.50. The average molecular weight is 312 g/mol. The molecule has 4 nitrogen and oxygen atoms in total. The second-order valence-corrected chi connectivity index (χ2v) is 5.59. The van der Waals surface area contributed by atoms with E-state index in [1.54, 1.807) is 16.8 Å². The number of halogens is 1. The molecule has 0 radical (unpaired) electrons. The van der Waals surface area contributed by atoms with Gasteiger partial charge in [-0.25, -0.2) is 4.68 Å². The van der Waals surface area contributed by atoms with Crippen molar-refractivity contribution in [3.05, 3.63) is 64.3 Å². The van der Waals surface area contributed by atoms with Crippen molar-refractivity contribution in [3.63, 3.8) is 0 Å². The quantitative estimate of drug-likeness (QED) is 0.686. The molecule has 3 aromatic rings. The summed E-state index contributed by atoms with van der Waals surface area (Å²) in [5.41, 5.74) is 4.81. The Morgan fingerprint density at radius 2 is 1.95 bits per heavy atom. The van der Waals surface area contributed by atoms with Gasteiger partial charge in [0.15, 0.2) is 12.0 Å². The minimum absolute atomic E-state index is 0.295. The van der Waals surface area contributed by atoms with Gasteiger partial charge < -0.3 is 0 Å². The lowest BCUT2D eigenvalue weighted by Gasteiger charge is -2.11. The van der Waals surface area contributed by atoms with Crippen molar-refractivity contribution in [2.24, 2.45) is 0 Å². The van der Waals surface area contributed by atoms with Gasteiger partial charge in [-0.05, 0) is 43.2 Å². The molecule has 5 heteroatoms. The zero-order valence-corrected chi connectivity index (χ0v) is 13.0. The van der Waals surface area contributed by atoms with Crippen LogP contribution < -0.4 is 0 Å². The Hall–Kier alpha value is -2.46. The van der Waals surface area contributed by atoms with Crippen LogP contribution in [0.5, 0.6) is 0 Å². The third-order valence-corrected chi connectivity index (χ3v) is 3.73. The Morgan fingerprint density at radius 1 is 1.14 bits per heavy atom. The fourth-order valence-electron chi connectivity index (χ4n) is 2.40. The second kappa shape index (κ2) is 5.73. The SMILES string of the molecule is Cc1ccc(C)c(-n2nnc(C=O)c2-c2cccc(Cl)c2)c1. The number of aldehydes is 1. The van der Waals surface area contributed by atoms with Crippen LogP contribution in [0.1, 0.15) is 21.6 Å². The van der Waals surface area contributed by atoms with Crippen LogP contribution in [0, 0.1) is 13.8 Å². The summed E-state index contributed by atoms with van der Waals surface area (Å²) in [4.78, 5) is 11.3. The van der Waals surface area contributed by atoms with Crippen LogP contribution in [0.3, 0.4) is 0 Å². The molecule has 3 rings (SSSR count). The minimum atomic E-state index is 0.295. The van der Waals surface area contributed by atoms with E-state index in [1.165, 1.54) is 0 Å². The molecular formula is C17H14ClN3O. The molecule has 0 saturated heterocycles. The van der Waals surface area contributed by atoms with Crippen LogP contribution in [0.15, 0.2) is 42.5 Å². The summed E-state index contributed by atoms with van der Waals surface area (Å²) in [6.07, 6.45) is 0.713.